The lowest BCUT2D eigenvalue weighted by molar-refractivity contribution is 0.0244. The molecule has 0 aliphatic carbocycles. The Kier molecular flexibility index (Phi) is 10.0. The van der Waals surface area contributed by atoms with Gasteiger partial charge in [0.1, 0.15) is 12.3 Å². The first kappa shape index (κ1) is 24.2. The molecule has 0 spiro atoms. The molecule has 2 aromatic rings. The normalized spacial score (nSPS) is 15.1. The molecule has 174 valence electrons. The van der Waals surface area contributed by atoms with Gasteiger partial charge in [0.25, 0.3) is 0 Å². The van der Waals surface area contributed by atoms with Gasteiger partial charge in [0.15, 0.2) is 0 Å². The molecule has 3 rings (SSSR count). The summed E-state index contributed by atoms with van der Waals surface area (Å²) in [5, 5.41) is 14.9. The quantitative estimate of drug-likeness (QED) is 0.372. The highest BCUT2D eigenvalue weighted by atomic mass is 16.5. The Morgan fingerprint density at radius 3 is 2.78 bits per heavy atom. The molecule has 1 aliphatic rings. The van der Waals surface area contributed by atoms with Crippen molar-refractivity contribution < 1.29 is 23.8 Å². The standard InChI is InChI=1S/C24H33N3O5/c1-3-13-31-19-21(28)17-26(10-7-14-29-2)18-22-23(20-8-5-4-6-9-20)25-32-24(22)27-11-15-30-16-12-27/h1,4-6,8-9,21,28H,7,10-19H2,2H3. The largest absolute Gasteiger partial charge is 0.389 e. The predicted octanol–water partition coefficient (Wildman–Crippen LogP) is 2.03. The van der Waals surface area contributed by atoms with Gasteiger partial charge in [0.2, 0.25) is 5.88 Å². The van der Waals surface area contributed by atoms with Crippen LogP contribution in [0.2, 0.25) is 0 Å². The van der Waals surface area contributed by atoms with Gasteiger partial charge >= 0.3 is 0 Å². The van der Waals surface area contributed by atoms with E-state index in [0.29, 0.717) is 32.9 Å². The number of rotatable bonds is 13. The molecule has 1 atom stereocenters. The SMILES string of the molecule is C#CCOCC(O)CN(CCCOC)Cc1c(-c2ccccc2)noc1N1CCOCC1. The summed E-state index contributed by atoms with van der Waals surface area (Å²) < 4.78 is 21.9. The van der Waals surface area contributed by atoms with Crippen molar-refractivity contribution >= 4 is 5.88 Å². The van der Waals surface area contributed by atoms with Crippen molar-refractivity contribution in [2.75, 3.05) is 71.2 Å². The Hall–Kier alpha value is -2.41. The van der Waals surface area contributed by atoms with Gasteiger partial charge < -0.3 is 28.7 Å². The highest BCUT2D eigenvalue weighted by molar-refractivity contribution is 5.68. The molecule has 1 unspecified atom stereocenters. The fourth-order valence-electron chi connectivity index (χ4n) is 3.78. The molecular weight excluding hydrogens is 410 g/mol. The second kappa shape index (κ2) is 13.2. The molecular formula is C24H33N3O5. The van der Waals surface area contributed by atoms with Gasteiger partial charge in [-0.2, -0.15) is 0 Å². The van der Waals surface area contributed by atoms with E-state index in [9.17, 15) is 5.11 Å². The van der Waals surface area contributed by atoms with Crippen LogP contribution in [0.3, 0.4) is 0 Å². The van der Waals surface area contributed by atoms with E-state index in [1.165, 1.54) is 0 Å². The van der Waals surface area contributed by atoms with Crippen molar-refractivity contribution in [2.45, 2.75) is 19.1 Å². The lowest BCUT2D eigenvalue weighted by Crippen LogP contribution is -2.38. The second-order valence-corrected chi connectivity index (χ2v) is 7.73. The summed E-state index contributed by atoms with van der Waals surface area (Å²) in [6.07, 6.45) is 5.42. The average molecular weight is 444 g/mol. The van der Waals surface area contributed by atoms with E-state index in [1.807, 2.05) is 30.3 Å². The summed E-state index contributed by atoms with van der Waals surface area (Å²) in [6.45, 7) is 5.61. The first-order chi connectivity index (χ1) is 15.7. The molecule has 2 heterocycles. The number of ether oxygens (including phenoxy) is 3. The number of terminal acetylenes is 1. The van der Waals surface area contributed by atoms with E-state index in [1.54, 1.807) is 7.11 Å². The summed E-state index contributed by atoms with van der Waals surface area (Å²) in [7, 11) is 1.69. The maximum Gasteiger partial charge on any atom is 0.232 e. The second-order valence-electron chi connectivity index (χ2n) is 7.73. The van der Waals surface area contributed by atoms with Gasteiger partial charge in [-0.15, -0.1) is 6.42 Å². The maximum absolute atomic E-state index is 10.5. The maximum atomic E-state index is 10.5. The Bertz CT molecular complexity index is 830. The van der Waals surface area contributed by atoms with Crippen LogP contribution in [-0.4, -0.2) is 87.6 Å². The van der Waals surface area contributed by atoms with E-state index in [4.69, 9.17) is 25.2 Å². The van der Waals surface area contributed by atoms with Crippen molar-refractivity contribution in [3.8, 4) is 23.6 Å². The molecule has 8 nitrogen and oxygen atoms in total. The first-order valence-corrected chi connectivity index (χ1v) is 11.0. The van der Waals surface area contributed by atoms with Crippen LogP contribution in [0, 0.1) is 12.3 Å². The number of benzene rings is 1. The van der Waals surface area contributed by atoms with Crippen LogP contribution in [-0.2, 0) is 20.8 Å². The van der Waals surface area contributed by atoms with Gasteiger partial charge in [-0.05, 0) is 6.42 Å². The number of hydrogen-bond acceptors (Lipinski definition) is 8. The van der Waals surface area contributed by atoms with Crippen molar-refractivity contribution in [1.82, 2.24) is 10.1 Å². The third kappa shape index (κ3) is 7.05. The zero-order valence-electron chi connectivity index (χ0n) is 18.7. The van der Waals surface area contributed by atoms with Crippen molar-refractivity contribution in [3.63, 3.8) is 0 Å². The first-order valence-electron chi connectivity index (χ1n) is 11.0. The number of morpholine rings is 1. The number of aliphatic hydroxyl groups is 1. The van der Waals surface area contributed by atoms with Crippen LogP contribution in [0.1, 0.15) is 12.0 Å². The fraction of sp³-hybridized carbons (Fsp3) is 0.542. The smallest absolute Gasteiger partial charge is 0.232 e. The fourth-order valence-corrected chi connectivity index (χ4v) is 3.78. The Morgan fingerprint density at radius 1 is 1.28 bits per heavy atom. The van der Waals surface area contributed by atoms with E-state index in [2.05, 4.69) is 20.9 Å². The van der Waals surface area contributed by atoms with Gasteiger partial charge in [-0.25, -0.2) is 0 Å². The molecule has 32 heavy (non-hydrogen) atoms. The number of nitrogens with zero attached hydrogens (tertiary/aromatic N) is 3. The number of aliphatic hydroxyl groups excluding tert-OH is 1. The zero-order valence-corrected chi connectivity index (χ0v) is 18.7. The molecule has 1 N–H and O–H groups in total. The van der Waals surface area contributed by atoms with Gasteiger partial charge in [0, 0.05) is 52.0 Å². The van der Waals surface area contributed by atoms with Crippen LogP contribution in [0.25, 0.3) is 11.3 Å². The van der Waals surface area contributed by atoms with Crippen molar-refractivity contribution in [2.24, 2.45) is 0 Å². The van der Waals surface area contributed by atoms with Crippen molar-refractivity contribution in [1.29, 1.82) is 0 Å². The molecule has 0 bridgehead atoms. The Labute approximate surface area is 190 Å². The third-order valence-electron chi connectivity index (χ3n) is 5.28. The number of methoxy groups -OCH3 is 1. The van der Waals surface area contributed by atoms with Crippen LogP contribution in [0.15, 0.2) is 34.9 Å². The number of aromatic nitrogens is 1. The molecule has 0 amide bonds. The number of anilines is 1. The molecule has 1 aliphatic heterocycles. The minimum Gasteiger partial charge on any atom is -0.389 e. The topological polar surface area (TPSA) is 80.4 Å². The van der Waals surface area contributed by atoms with Gasteiger partial charge in [-0.1, -0.05) is 41.4 Å². The minimum atomic E-state index is -0.655. The predicted molar refractivity (Wildman–Crippen MR) is 122 cm³/mol. The lowest BCUT2D eigenvalue weighted by atomic mass is 10.1. The highest BCUT2D eigenvalue weighted by Gasteiger charge is 2.26. The summed E-state index contributed by atoms with van der Waals surface area (Å²) >= 11 is 0. The van der Waals surface area contributed by atoms with Gasteiger partial charge in [0.05, 0.1) is 31.5 Å². The lowest BCUT2D eigenvalue weighted by Gasteiger charge is -2.29. The summed E-state index contributed by atoms with van der Waals surface area (Å²) in [5.41, 5.74) is 2.83. The molecule has 1 fully saturated rings. The van der Waals surface area contributed by atoms with Crippen LogP contribution in [0.4, 0.5) is 5.88 Å². The van der Waals surface area contributed by atoms with Crippen molar-refractivity contribution in [3.05, 3.63) is 35.9 Å². The number of hydrogen-bond donors (Lipinski definition) is 1. The minimum absolute atomic E-state index is 0.186. The Balaban J connectivity index is 1.83. The van der Waals surface area contributed by atoms with E-state index in [0.717, 1.165) is 48.8 Å². The van der Waals surface area contributed by atoms with E-state index in [-0.39, 0.29) is 13.2 Å². The molecule has 1 aromatic heterocycles. The van der Waals surface area contributed by atoms with Crippen LogP contribution < -0.4 is 4.90 Å². The summed E-state index contributed by atoms with van der Waals surface area (Å²) in [5.74, 6) is 3.19. The van der Waals surface area contributed by atoms with Crippen LogP contribution in [0.5, 0.6) is 0 Å². The van der Waals surface area contributed by atoms with Crippen LogP contribution >= 0.6 is 0 Å². The molecule has 1 aromatic carbocycles. The molecule has 8 heteroatoms. The molecule has 0 radical (unpaired) electrons. The van der Waals surface area contributed by atoms with Gasteiger partial charge in [-0.3, -0.25) is 4.90 Å². The molecule has 1 saturated heterocycles. The monoisotopic (exact) mass is 443 g/mol. The summed E-state index contributed by atoms with van der Waals surface area (Å²) in [4.78, 5) is 4.36. The zero-order chi connectivity index (χ0) is 22.6. The van der Waals surface area contributed by atoms with E-state index < -0.39 is 6.10 Å². The highest BCUT2D eigenvalue weighted by Crippen LogP contribution is 2.33. The molecule has 0 saturated carbocycles. The summed E-state index contributed by atoms with van der Waals surface area (Å²) in [6, 6.07) is 10.0. The van der Waals surface area contributed by atoms with E-state index >= 15 is 0 Å². The Morgan fingerprint density at radius 2 is 2.06 bits per heavy atom. The average Bonchev–Trinajstić information content (AvgIpc) is 3.24. The third-order valence-corrected chi connectivity index (χ3v) is 5.28.